The minimum absolute atomic E-state index is 0.0742. The van der Waals surface area contributed by atoms with E-state index in [2.05, 4.69) is 0 Å². The molecule has 0 unspecified atom stereocenters. The van der Waals surface area contributed by atoms with Crippen LogP contribution in [0, 0.1) is 6.92 Å². The molecule has 0 spiro atoms. The first-order valence-corrected chi connectivity index (χ1v) is 6.24. The molecular formula is C15H14ClNO3. The van der Waals surface area contributed by atoms with Gasteiger partial charge in [0, 0.05) is 26.1 Å². The van der Waals surface area contributed by atoms with Gasteiger partial charge in [-0.1, -0.05) is 11.6 Å². The quantitative estimate of drug-likeness (QED) is 0.882. The lowest BCUT2D eigenvalue weighted by atomic mass is 10.1. The average molecular weight is 294 g/mol. The van der Waals surface area contributed by atoms with Gasteiger partial charge in [-0.2, -0.15) is 0 Å². The number of ketones is 1. The Morgan fingerprint density at radius 2 is 1.95 bits per heavy atom. The van der Waals surface area contributed by atoms with Crippen LogP contribution in [-0.2, 0) is 18.2 Å². The lowest BCUT2D eigenvalue weighted by molar-refractivity contribution is -0.136. The Labute approximate surface area is 124 Å². The molecule has 0 aliphatic carbocycles. The van der Waals surface area contributed by atoms with Crippen LogP contribution >= 0.6 is 11.6 Å². The van der Waals surface area contributed by atoms with Crippen molar-refractivity contribution in [3.8, 4) is 0 Å². The van der Waals surface area contributed by atoms with Crippen molar-refractivity contribution >= 4 is 23.4 Å². The number of carboxylic acids is 1. The molecule has 4 nitrogen and oxygen atoms in total. The molecule has 1 N–H and O–H groups in total. The van der Waals surface area contributed by atoms with Crippen molar-refractivity contribution in [2.45, 2.75) is 13.3 Å². The van der Waals surface area contributed by atoms with E-state index in [1.807, 2.05) is 0 Å². The molecule has 0 aliphatic rings. The second-order valence-corrected chi connectivity index (χ2v) is 4.82. The highest BCUT2D eigenvalue weighted by atomic mass is 35.5. The Bertz CT molecular complexity index is 751. The van der Waals surface area contributed by atoms with Gasteiger partial charge in [-0.05, 0) is 42.8 Å². The number of aliphatic carboxylic acids is 1. The van der Waals surface area contributed by atoms with E-state index >= 15 is 0 Å². The first kappa shape index (κ1) is 11.7. The number of hydrogen-bond acceptors (Lipinski definition) is 2. The Kier molecular flexibility index (Phi) is 3.23. The van der Waals surface area contributed by atoms with E-state index in [9.17, 15) is 9.59 Å². The average Bonchev–Trinajstić information content (AvgIpc) is 2.74. The molecule has 0 saturated carbocycles. The van der Waals surface area contributed by atoms with Gasteiger partial charge in [0.1, 0.15) is 0 Å². The number of hydrogen-bond donors (Lipinski definition) is 1. The topological polar surface area (TPSA) is 59.3 Å². The normalized spacial score (nSPS) is 12.8. The molecule has 2 rings (SSSR count). The van der Waals surface area contributed by atoms with Crippen molar-refractivity contribution in [1.29, 1.82) is 0 Å². The van der Waals surface area contributed by atoms with Crippen molar-refractivity contribution in [2.24, 2.45) is 7.05 Å². The van der Waals surface area contributed by atoms with Gasteiger partial charge in [0.05, 0.1) is 12.1 Å². The fraction of sp³-hybridized carbons (Fsp3) is 0.200. The summed E-state index contributed by atoms with van der Waals surface area (Å²) in [7, 11) is 1.48. The van der Waals surface area contributed by atoms with E-state index in [1.54, 1.807) is 31.2 Å². The number of halogens is 1. The highest BCUT2D eigenvalue weighted by molar-refractivity contribution is 6.30. The number of aryl methyl sites for hydroxylation is 1. The molecule has 104 valence electrons. The van der Waals surface area contributed by atoms with Gasteiger partial charge in [-0.25, -0.2) is 0 Å². The summed E-state index contributed by atoms with van der Waals surface area (Å²) < 4.78 is 16.6. The zero-order chi connectivity index (χ0) is 16.7. The van der Waals surface area contributed by atoms with Gasteiger partial charge in [0.25, 0.3) is 0 Å². The molecule has 0 radical (unpaired) electrons. The summed E-state index contributed by atoms with van der Waals surface area (Å²) in [6, 6.07) is 7.71. The van der Waals surface area contributed by atoms with Crippen molar-refractivity contribution < 1.29 is 17.4 Å². The van der Waals surface area contributed by atoms with Crippen molar-refractivity contribution in [2.75, 3.05) is 0 Å². The van der Waals surface area contributed by atoms with Crippen LogP contribution in [0.3, 0.4) is 0 Å². The molecule has 0 atom stereocenters. The zero-order valence-electron chi connectivity index (χ0n) is 13.0. The van der Waals surface area contributed by atoms with Gasteiger partial charge in [0.2, 0.25) is 5.78 Å². The van der Waals surface area contributed by atoms with Crippen molar-refractivity contribution in [1.82, 2.24) is 4.57 Å². The molecule has 5 heteroatoms. The van der Waals surface area contributed by atoms with E-state index in [-0.39, 0.29) is 17.2 Å². The third kappa shape index (κ3) is 2.75. The van der Waals surface area contributed by atoms with Gasteiger partial charge in [0.15, 0.2) is 0 Å². The summed E-state index contributed by atoms with van der Waals surface area (Å²) in [5.41, 5.74) is 1.09. The van der Waals surface area contributed by atoms with Crippen molar-refractivity contribution in [3.05, 3.63) is 57.9 Å². The number of benzene rings is 1. The Morgan fingerprint density at radius 3 is 2.50 bits per heavy atom. The predicted octanol–water partition coefficient (Wildman–Crippen LogP) is 2.85. The molecule has 0 bridgehead atoms. The third-order valence-electron chi connectivity index (χ3n) is 2.98. The summed E-state index contributed by atoms with van der Waals surface area (Å²) in [4.78, 5) is 23.7. The molecule has 1 aromatic heterocycles. The number of carboxylic acid groups (broad SMARTS) is 1. The van der Waals surface area contributed by atoms with Crippen LogP contribution in [-0.4, -0.2) is 21.4 Å². The minimum atomic E-state index is -2.57. The fourth-order valence-electron chi connectivity index (χ4n) is 2.05. The van der Waals surface area contributed by atoms with Crippen LogP contribution in [0.5, 0.6) is 0 Å². The number of carbonyl (C=O) groups excluding carboxylic acids is 1. The molecule has 0 amide bonds. The monoisotopic (exact) mass is 293 g/mol. The first-order chi connectivity index (χ1) is 10.2. The number of carbonyl (C=O) groups is 2. The largest absolute Gasteiger partial charge is 0.481 e. The lowest BCUT2D eigenvalue weighted by Crippen LogP contribution is -2.12. The Hall–Kier alpha value is -2.07. The highest BCUT2D eigenvalue weighted by Crippen LogP contribution is 2.20. The van der Waals surface area contributed by atoms with E-state index in [0.717, 1.165) is 0 Å². The summed E-state index contributed by atoms with van der Waals surface area (Å²) >= 11 is 5.79. The molecular weight excluding hydrogens is 278 g/mol. The third-order valence-corrected chi connectivity index (χ3v) is 3.23. The highest BCUT2D eigenvalue weighted by Gasteiger charge is 2.19. The van der Waals surface area contributed by atoms with Gasteiger partial charge < -0.3 is 9.67 Å². The number of rotatable bonds is 4. The second-order valence-electron chi connectivity index (χ2n) is 4.39. The van der Waals surface area contributed by atoms with Crippen LogP contribution in [0.25, 0.3) is 0 Å². The molecule has 0 saturated heterocycles. The maximum absolute atomic E-state index is 12.6. The maximum Gasteiger partial charge on any atom is 0.309 e. The summed E-state index contributed by atoms with van der Waals surface area (Å²) in [6.45, 7) is 1.64. The summed E-state index contributed by atoms with van der Waals surface area (Å²) in [5.74, 6) is -1.91. The molecule has 0 fully saturated rings. The minimum Gasteiger partial charge on any atom is -0.481 e. The predicted molar refractivity (Wildman–Crippen MR) is 76.4 cm³/mol. The molecule has 0 aliphatic heterocycles. The standard InChI is InChI=1S/C15H14ClNO3/c1-9-7-12(8-13(18)19)17(2)14(9)15(20)10-3-5-11(16)6-4-10/h3-7H,8H2,1-2H3,(H,18,19)/i8D2. The van der Waals surface area contributed by atoms with Crippen LogP contribution in [0.15, 0.2) is 30.3 Å². The zero-order valence-corrected chi connectivity index (χ0v) is 11.7. The molecule has 2 aromatic rings. The van der Waals surface area contributed by atoms with Gasteiger partial charge in [-0.15, -0.1) is 0 Å². The second kappa shape index (κ2) is 5.51. The molecule has 1 heterocycles. The fourth-order valence-corrected chi connectivity index (χ4v) is 2.18. The van der Waals surface area contributed by atoms with E-state index in [4.69, 9.17) is 19.4 Å². The lowest BCUT2D eigenvalue weighted by Gasteiger charge is -2.07. The smallest absolute Gasteiger partial charge is 0.309 e. The van der Waals surface area contributed by atoms with Crippen LogP contribution in [0.1, 0.15) is 30.1 Å². The summed E-state index contributed by atoms with van der Waals surface area (Å²) in [6.07, 6.45) is -2.57. The molecule has 1 aromatic carbocycles. The van der Waals surface area contributed by atoms with Crippen molar-refractivity contribution in [3.63, 3.8) is 0 Å². The van der Waals surface area contributed by atoms with Gasteiger partial charge >= 0.3 is 5.97 Å². The Balaban J connectivity index is 2.54. The maximum atomic E-state index is 12.6. The van der Waals surface area contributed by atoms with E-state index in [0.29, 0.717) is 16.1 Å². The summed E-state index contributed by atoms with van der Waals surface area (Å²) in [5, 5.41) is 9.52. The van der Waals surface area contributed by atoms with Crippen LogP contribution in [0.4, 0.5) is 0 Å². The van der Waals surface area contributed by atoms with Crippen LogP contribution < -0.4 is 0 Å². The molecule has 20 heavy (non-hydrogen) atoms. The van der Waals surface area contributed by atoms with Gasteiger partial charge in [-0.3, -0.25) is 9.59 Å². The first-order valence-electron chi connectivity index (χ1n) is 6.86. The van der Waals surface area contributed by atoms with E-state index < -0.39 is 12.3 Å². The number of nitrogens with zero attached hydrogens (tertiary/aromatic N) is 1. The number of aromatic nitrogens is 1. The van der Waals surface area contributed by atoms with Crippen LogP contribution in [0.2, 0.25) is 5.02 Å². The Morgan fingerprint density at radius 1 is 1.35 bits per heavy atom. The SMILES string of the molecule is [2H]C([2H])(C(=O)O)c1cc(C)c(C(=O)c2ccc(Cl)cc2)n1C. The van der Waals surface area contributed by atoms with E-state index in [1.165, 1.54) is 17.7 Å².